The van der Waals surface area contributed by atoms with Gasteiger partial charge in [-0.05, 0) is 0 Å². The summed E-state index contributed by atoms with van der Waals surface area (Å²) in [6.07, 6.45) is -2.09. The Hall–Kier alpha value is 0.383. The molecule has 7 heavy (non-hydrogen) atoms. The quantitative estimate of drug-likeness (QED) is 0.248. The fourth-order valence-corrected chi connectivity index (χ4v) is 0. The van der Waals surface area contributed by atoms with Gasteiger partial charge in [0.1, 0.15) is 0 Å². The molecular weight excluding hydrogens is 161 g/mol. The van der Waals surface area contributed by atoms with Crippen molar-refractivity contribution in [1.82, 2.24) is 0 Å². The zero-order valence-electron chi connectivity index (χ0n) is 3.37. The Morgan fingerprint density at radius 1 is 1.29 bits per heavy atom. The van der Waals surface area contributed by atoms with Crippen molar-refractivity contribution >= 4 is 16.5 Å². The van der Waals surface area contributed by atoms with Gasteiger partial charge in [0.15, 0.2) is 0 Å². The van der Waals surface area contributed by atoms with Gasteiger partial charge in [0.25, 0.3) is 0 Å². The molecule has 0 aromatic carbocycles. The zero-order chi connectivity index (χ0) is 6.08. The van der Waals surface area contributed by atoms with Crippen LogP contribution in [0.1, 0.15) is 0 Å². The predicted octanol–water partition coefficient (Wildman–Crippen LogP) is -2.90. The molecular formula is C2H5GeO4. The third kappa shape index (κ3) is 3.01. The molecule has 0 spiro atoms. The molecule has 0 saturated heterocycles. The van der Waals surface area contributed by atoms with Crippen LogP contribution in [0.25, 0.3) is 0 Å². The van der Waals surface area contributed by atoms with Crippen LogP contribution < -0.4 is 0 Å². The second-order valence-corrected chi connectivity index (χ2v) is 2.64. The molecule has 0 rings (SSSR count). The van der Waals surface area contributed by atoms with E-state index in [1.54, 1.807) is 0 Å². The molecule has 0 aromatic rings. The molecule has 0 amide bonds. The van der Waals surface area contributed by atoms with Crippen LogP contribution in [-0.4, -0.2) is 47.8 Å². The molecule has 0 bridgehead atoms. The summed E-state index contributed by atoms with van der Waals surface area (Å²) in [4.78, 5) is 0. The Bertz CT molecular complexity index is 55.2. The van der Waals surface area contributed by atoms with Crippen molar-refractivity contribution in [3.05, 3.63) is 0 Å². The summed E-state index contributed by atoms with van der Waals surface area (Å²) in [5.41, 5.74) is 0. The molecule has 0 fully saturated rings. The van der Waals surface area contributed by atoms with Crippen molar-refractivity contribution in [3.8, 4) is 0 Å². The van der Waals surface area contributed by atoms with Crippen molar-refractivity contribution in [2.24, 2.45) is 0 Å². The van der Waals surface area contributed by atoms with Crippen LogP contribution in [0.3, 0.4) is 0 Å². The van der Waals surface area contributed by atoms with Crippen LogP contribution in [0.5, 0.6) is 0 Å². The van der Waals surface area contributed by atoms with E-state index in [2.05, 4.69) is 0 Å². The average Bonchev–Trinajstić information content (AvgIpc) is 1.31. The topological polar surface area (TPSA) is 80.9 Å². The summed E-state index contributed by atoms with van der Waals surface area (Å²) < 4.78 is -2.39. The van der Waals surface area contributed by atoms with Crippen LogP contribution in [-0.2, 0) is 0 Å². The van der Waals surface area contributed by atoms with E-state index in [0.29, 0.717) is 0 Å². The third-order valence-electron chi connectivity index (χ3n) is 0.360. The van der Waals surface area contributed by atoms with Gasteiger partial charge < -0.3 is 0 Å². The average molecular weight is 166 g/mol. The van der Waals surface area contributed by atoms with E-state index in [0.717, 1.165) is 16.5 Å². The molecule has 0 atom stereocenters. The fourth-order valence-electron chi connectivity index (χ4n) is 0. The summed E-state index contributed by atoms with van der Waals surface area (Å²) in [7, 11) is 0. The van der Waals surface area contributed by atoms with Crippen LogP contribution >= 0.6 is 0 Å². The number of aliphatic hydroxyl groups is 4. The summed E-state index contributed by atoms with van der Waals surface area (Å²) in [6.45, 7) is 0. The Morgan fingerprint density at radius 3 is 1.43 bits per heavy atom. The monoisotopic (exact) mass is 167 g/mol. The molecule has 0 aliphatic carbocycles. The molecule has 41 valence electrons. The Labute approximate surface area is 48.6 Å². The molecule has 0 aromatic heterocycles. The number of hydrogen-bond donors (Lipinski definition) is 4. The Morgan fingerprint density at radius 2 is 1.43 bits per heavy atom. The predicted molar refractivity (Wildman–Crippen MR) is 21.1 cm³/mol. The molecule has 3 radical (unpaired) electrons. The van der Waals surface area contributed by atoms with Crippen molar-refractivity contribution in [2.75, 3.05) is 0 Å². The molecule has 0 aliphatic rings. The minimum absolute atomic E-state index is 0.873. The van der Waals surface area contributed by atoms with Gasteiger partial charge in [-0.25, -0.2) is 0 Å². The van der Waals surface area contributed by atoms with E-state index < -0.39 is 10.9 Å². The van der Waals surface area contributed by atoms with Crippen LogP contribution in [0.15, 0.2) is 0 Å². The first-order valence-electron chi connectivity index (χ1n) is 1.50. The summed E-state index contributed by atoms with van der Waals surface area (Å²) >= 11 is 0.873. The van der Waals surface area contributed by atoms with Gasteiger partial charge in [-0.3, -0.25) is 0 Å². The van der Waals surface area contributed by atoms with Gasteiger partial charge in [-0.15, -0.1) is 0 Å². The van der Waals surface area contributed by atoms with Crippen molar-refractivity contribution in [2.45, 2.75) is 10.9 Å². The van der Waals surface area contributed by atoms with Gasteiger partial charge in [-0.2, -0.15) is 0 Å². The van der Waals surface area contributed by atoms with Crippen molar-refractivity contribution in [1.29, 1.82) is 0 Å². The summed E-state index contributed by atoms with van der Waals surface area (Å²) in [5.74, 6) is 0. The van der Waals surface area contributed by atoms with E-state index in [1.807, 2.05) is 0 Å². The number of rotatable bonds is 1. The fraction of sp³-hybridized carbons (Fsp3) is 1.00. The minimum atomic E-state index is -2.39. The van der Waals surface area contributed by atoms with E-state index in [-0.39, 0.29) is 0 Å². The molecule has 0 heterocycles. The number of aliphatic hydroxyl groups excluding tert-OH is 1. The molecule has 5 heteroatoms. The van der Waals surface area contributed by atoms with E-state index >= 15 is 0 Å². The van der Waals surface area contributed by atoms with E-state index in [1.165, 1.54) is 0 Å². The van der Waals surface area contributed by atoms with Crippen LogP contribution in [0.2, 0.25) is 0 Å². The second kappa shape index (κ2) is 2.10. The first kappa shape index (κ1) is 7.38. The first-order valence-corrected chi connectivity index (χ1v) is 2.55. The molecule has 4 N–H and O–H groups in total. The second-order valence-electron chi connectivity index (χ2n) is 1.10. The van der Waals surface area contributed by atoms with Crippen molar-refractivity contribution in [3.63, 3.8) is 0 Å². The number of hydrogen-bond acceptors (Lipinski definition) is 4. The third-order valence-corrected chi connectivity index (χ3v) is 0.902. The Kier molecular flexibility index (Phi) is 2.22. The Balaban J connectivity index is 3.54. The van der Waals surface area contributed by atoms with Crippen LogP contribution in [0.4, 0.5) is 0 Å². The standard InChI is InChI=1S/C2H5GeO4/c3-2(6,7)1(4)5/h1,4-7H. The molecule has 0 unspecified atom stereocenters. The van der Waals surface area contributed by atoms with Crippen LogP contribution in [0, 0.1) is 0 Å². The van der Waals surface area contributed by atoms with Crippen molar-refractivity contribution < 1.29 is 20.4 Å². The maximum absolute atomic E-state index is 8.15. The van der Waals surface area contributed by atoms with Gasteiger partial charge in [-0.1, -0.05) is 0 Å². The molecule has 0 aliphatic heterocycles. The van der Waals surface area contributed by atoms with Gasteiger partial charge in [0.2, 0.25) is 0 Å². The SMILES string of the molecule is OC(O)[C](O)(O)[Ge]. The van der Waals surface area contributed by atoms with Gasteiger partial charge in [0.05, 0.1) is 0 Å². The van der Waals surface area contributed by atoms with E-state index in [4.69, 9.17) is 20.4 Å². The van der Waals surface area contributed by atoms with E-state index in [9.17, 15) is 0 Å². The summed E-state index contributed by atoms with van der Waals surface area (Å²) in [6, 6.07) is 0. The molecule has 4 nitrogen and oxygen atoms in total. The molecule has 0 saturated carbocycles. The van der Waals surface area contributed by atoms with Gasteiger partial charge in [0, 0.05) is 0 Å². The summed E-state index contributed by atoms with van der Waals surface area (Å²) in [5, 5.41) is 32.2. The maximum atomic E-state index is 8.15. The first-order chi connectivity index (χ1) is 2.94. The zero-order valence-corrected chi connectivity index (χ0v) is 5.46. The normalized spacial score (nSPS) is 12.9. The van der Waals surface area contributed by atoms with Gasteiger partial charge >= 0.3 is 47.8 Å².